The fourth-order valence-electron chi connectivity index (χ4n) is 7.19. The number of aromatic hydroxyl groups is 2. The molecule has 3 amide bonds. The van der Waals surface area contributed by atoms with E-state index in [-0.39, 0.29) is 41.7 Å². The summed E-state index contributed by atoms with van der Waals surface area (Å²) in [5.74, 6) is -0.278. The second kappa shape index (κ2) is 13.0. The van der Waals surface area contributed by atoms with Crippen molar-refractivity contribution < 1.29 is 24.6 Å². The first kappa shape index (κ1) is 30.2. The summed E-state index contributed by atoms with van der Waals surface area (Å²) in [6.45, 7) is 0.528. The fraction of sp³-hybridized carbons (Fsp3) is 0.389. The maximum Gasteiger partial charge on any atom is 0.247 e. The van der Waals surface area contributed by atoms with E-state index in [9.17, 15) is 29.9 Å². The summed E-state index contributed by atoms with van der Waals surface area (Å²) < 4.78 is 0. The van der Waals surface area contributed by atoms with Crippen molar-refractivity contribution in [3.8, 4) is 17.6 Å². The van der Waals surface area contributed by atoms with Crippen molar-refractivity contribution in [3.63, 3.8) is 0 Å². The number of phenolic OH excluding ortho intramolecular Hbond substituents is 2. The van der Waals surface area contributed by atoms with Gasteiger partial charge in [0, 0.05) is 19.5 Å². The first-order chi connectivity index (χ1) is 21.8. The lowest BCUT2D eigenvalue weighted by Crippen LogP contribution is -2.67. The number of phenols is 2. The highest BCUT2D eigenvalue weighted by Crippen LogP contribution is 2.39. The molecule has 3 aromatic rings. The van der Waals surface area contributed by atoms with Gasteiger partial charge in [0.2, 0.25) is 17.7 Å². The van der Waals surface area contributed by atoms with E-state index in [1.807, 2.05) is 0 Å². The number of nitrogens with one attached hydrogen (secondary N) is 1. The Labute approximate surface area is 263 Å². The maximum absolute atomic E-state index is 14.6. The lowest BCUT2D eigenvalue weighted by atomic mass is 9.81. The largest absolute Gasteiger partial charge is 0.508 e. The van der Waals surface area contributed by atoms with Crippen LogP contribution in [-0.2, 0) is 33.8 Å². The van der Waals surface area contributed by atoms with Gasteiger partial charge in [-0.25, -0.2) is 0 Å². The van der Waals surface area contributed by atoms with E-state index in [1.54, 1.807) is 76.5 Å². The molecule has 9 heteroatoms. The summed E-state index contributed by atoms with van der Waals surface area (Å²) in [4.78, 5) is 46.4. The molecule has 9 nitrogen and oxygen atoms in total. The molecule has 45 heavy (non-hydrogen) atoms. The van der Waals surface area contributed by atoms with E-state index in [1.165, 1.54) is 0 Å². The quantitative estimate of drug-likeness (QED) is 0.346. The van der Waals surface area contributed by atoms with Crippen LogP contribution in [0.3, 0.4) is 0 Å². The Hall–Kier alpha value is -4.84. The summed E-state index contributed by atoms with van der Waals surface area (Å²) in [5, 5.41) is 32.2. The van der Waals surface area contributed by atoms with Gasteiger partial charge in [-0.1, -0.05) is 62.4 Å². The lowest BCUT2D eigenvalue weighted by molar-refractivity contribution is -0.169. The van der Waals surface area contributed by atoms with Gasteiger partial charge in [0.05, 0.1) is 11.6 Å². The van der Waals surface area contributed by atoms with Crippen molar-refractivity contribution in [1.82, 2.24) is 15.1 Å². The van der Waals surface area contributed by atoms with E-state index in [0.717, 1.165) is 48.8 Å². The molecule has 1 saturated heterocycles. The standard InChI is InChI=1S/C36H38N4O5/c37-21-25-6-10-26(11-7-25)33(34(43)38-17-16-23-8-13-29(41)14-9-23)40-32(18-24-4-2-1-3-5-24)35(44)39-22-28-19-30(42)15-12-27(28)20-31(39)36(40)45/h6-15,19,24,31-33,41-42H,1-5,16-18,20,22H2,(H,38,43)/t31-,32-,33?/m0/s1. The number of rotatable bonds is 8. The smallest absolute Gasteiger partial charge is 0.247 e. The minimum Gasteiger partial charge on any atom is -0.508 e. The first-order valence-corrected chi connectivity index (χ1v) is 15.8. The molecular weight excluding hydrogens is 568 g/mol. The maximum atomic E-state index is 14.6. The van der Waals surface area contributed by atoms with Crippen molar-refractivity contribution in [3.05, 3.63) is 94.5 Å². The number of amides is 3. The van der Waals surface area contributed by atoms with E-state index in [2.05, 4.69) is 11.4 Å². The molecule has 6 rings (SSSR count). The highest BCUT2D eigenvalue weighted by Gasteiger charge is 2.51. The Kier molecular flexibility index (Phi) is 8.74. The summed E-state index contributed by atoms with van der Waals surface area (Å²) in [5.41, 5.74) is 3.64. The Morgan fingerprint density at radius 3 is 2.33 bits per heavy atom. The lowest BCUT2D eigenvalue weighted by Gasteiger charge is -2.50. The van der Waals surface area contributed by atoms with Gasteiger partial charge in [-0.3, -0.25) is 14.4 Å². The van der Waals surface area contributed by atoms with Crippen LogP contribution in [0.5, 0.6) is 11.5 Å². The molecule has 3 atom stereocenters. The van der Waals surface area contributed by atoms with Gasteiger partial charge in [0.15, 0.2) is 0 Å². The number of carbonyl (C=O) groups excluding carboxylic acids is 3. The molecule has 2 fully saturated rings. The fourth-order valence-corrected chi connectivity index (χ4v) is 7.19. The van der Waals surface area contributed by atoms with Crippen molar-refractivity contribution in [1.29, 1.82) is 5.26 Å². The van der Waals surface area contributed by atoms with Crippen LogP contribution in [0.4, 0.5) is 0 Å². The molecule has 1 aliphatic carbocycles. The van der Waals surface area contributed by atoms with Gasteiger partial charge in [-0.15, -0.1) is 0 Å². The number of carbonyl (C=O) groups is 3. The van der Waals surface area contributed by atoms with Crippen LogP contribution in [0, 0.1) is 17.2 Å². The van der Waals surface area contributed by atoms with E-state index in [0.29, 0.717) is 36.9 Å². The number of nitrogens with zero attached hydrogens (tertiary/aromatic N) is 3. The Balaban J connectivity index is 1.36. The van der Waals surface area contributed by atoms with Gasteiger partial charge in [-0.05, 0) is 77.4 Å². The molecule has 0 radical (unpaired) electrons. The molecule has 0 aromatic heterocycles. The molecule has 1 unspecified atom stereocenters. The van der Waals surface area contributed by atoms with Gasteiger partial charge >= 0.3 is 0 Å². The van der Waals surface area contributed by atoms with Crippen molar-refractivity contribution >= 4 is 17.7 Å². The molecule has 2 aliphatic heterocycles. The molecule has 2 heterocycles. The molecule has 1 saturated carbocycles. The van der Waals surface area contributed by atoms with Gasteiger partial charge in [0.1, 0.15) is 29.6 Å². The zero-order valence-electron chi connectivity index (χ0n) is 25.2. The second-order valence-corrected chi connectivity index (χ2v) is 12.5. The Morgan fingerprint density at radius 2 is 1.62 bits per heavy atom. The highest BCUT2D eigenvalue weighted by atomic mass is 16.3. The topological polar surface area (TPSA) is 134 Å². The van der Waals surface area contributed by atoms with Crippen LogP contribution >= 0.6 is 0 Å². The summed E-state index contributed by atoms with van der Waals surface area (Å²) in [7, 11) is 0. The third-order valence-electron chi connectivity index (χ3n) is 9.58. The van der Waals surface area contributed by atoms with E-state index in [4.69, 9.17) is 0 Å². The first-order valence-electron chi connectivity index (χ1n) is 15.8. The van der Waals surface area contributed by atoms with Crippen LogP contribution in [0.1, 0.15) is 72.4 Å². The van der Waals surface area contributed by atoms with Crippen LogP contribution < -0.4 is 5.32 Å². The third-order valence-corrected chi connectivity index (χ3v) is 9.58. The minimum absolute atomic E-state index is 0.119. The number of hydrogen-bond acceptors (Lipinski definition) is 6. The normalized spacial score (nSPS) is 20.6. The van der Waals surface area contributed by atoms with Crippen molar-refractivity contribution in [2.75, 3.05) is 6.54 Å². The number of hydrogen-bond donors (Lipinski definition) is 3. The van der Waals surface area contributed by atoms with Crippen LogP contribution in [-0.4, -0.2) is 56.4 Å². The van der Waals surface area contributed by atoms with Crippen LogP contribution in [0.15, 0.2) is 66.7 Å². The van der Waals surface area contributed by atoms with Crippen LogP contribution in [0.2, 0.25) is 0 Å². The summed E-state index contributed by atoms with van der Waals surface area (Å²) in [6, 6.07) is 18.0. The second-order valence-electron chi connectivity index (χ2n) is 12.5. The number of fused-ring (bicyclic) bond motifs is 2. The highest BCUT2D eigenvalue weighted by molar-refractivity contribution is 6.00. The van der Waals surface area contributed by atoms with E-state index < -0.39 is 18.1 Å². The van der Waals surface area contributed by atoms with Crippen molar-refractivity contribution in [2.45, 2.75) is 76.0 Å². The van der Waals surface area contributed by atoms with E-state index >= 15 is 0 Å². The molecule has 0 spiro atoms. The van der Waals surface area contributed by atoms with Crippen molar-refractivity contribution in [2.24, 2.45) is 5.92 Å². The molecule has 3 aromatic carbocycles. The molecule has 0 bridgehead atoms. The number of benzene rings is 3. The third kappa shape index (κ3) is 6.37. The predicted octanol–water partition coefficient (Wildman–Crippen LogP) is 4.50. The zero-order chi connectivity index (χ0) is 31.5. The zero-order valence-corrected chi connectivity index (χ0v) is 25.2. The average molecular weight is 607 g/mol. The SMILES string of the molecule is N#Cc1ccc(C(C(=O)NCCc2ccc(O)cc2)N2C(=O)[C@@H]3Cc4ccc(O)cc4CN3C(=O)[C@@H]2CC2CCCCC2)cc1. The molecule has 3 aliphatic rings. The minimum atomic E-state index is -1.06. The van der Waals surface area contributed by atoms with Gasteiger partial charge in [0.25, 0.3) is 0 Å². The monoisotopic (exact) mass is 606 g/mol. The van der Waals surface area contributed by atoms with Gasteiger partial charge in [-0.2, -0.15) is 5.26 Å². The van der Waals surface area contributed by atoms with Crippen LogP contribution in [0.25, 0.3) is 0 Å². The average Bonchev–Trinajstić information content (AvgIpc) is 3.06. The molecule has 232 valence electrons. The summed E-state index contributed by atoms with van der Waals surface area (Å²) in [6.07, 6.45) is 6.57. The Bertz CT molecular complexity index is 1610. The molecule has 3 N–H and O–H groups in total. The Morgan fingerprint density at radius 1 is 0.911 bits per heavy atom. The summed E-state index contributed by atoms with van der Waals surface area (Å²) >= 11 is 0. The number of nitriles is 1. The van der Waals surface area contributed by atoms with Gasteiger partial charge < -0.3 is 25.3 Å². The molecular formula is C36H38N4O5. The predicted molar refractivity (Wildman–Crippen MR) is 167 cm³/mol. The number of piperazine rings is 1.